The van der Waals surface area contributed by atoms with E-state index < -0.39 is 0 Å². The van der Waals surface area contributed by atoms with Crippen molar-refractivity contribution < 1.29 is 4.79 Å². The van der Waals surface area contributed by atoms with Crippen molar-refractivity contribution in [2.75, 3.05) is 0 Å². The van der Waals surface area contributed by atoms with Crippen LogP contribution in [0.15, 0.2) is 0 Å². The standard InChI is InChI=1S/C7H9NO.2C2H6/c1-2-3-6-4-5-7(9)8-6;2*1-2/h6H,4-5H2,1H3,(H,8,9);2*1-2H3. The molecule has 1 aliphatic heterocycles. The number of hydrogen-bond acceptors (Lipinski definition) is 1. The molecule has 1 aliphatic rings. The number of carbonyl (C=O) groups is 1. The highest BCUT2D eigenvalue weighted by Crippen LogP contribution is 2.04. The SMILES string of the molecule is CC.CC.CC#CC1CCC(=O)N1. The second-order valence-electron chi connectivity index (χ2n) is 2.05. The van der Waals surface area contributed by atoms with Gasteiger partial charge in [-0.05, 0) is 13.3 Å². The molecule has 0 radical (unpaired) electrons. The van der Waals surface area contributed by atoms with Crippen molar-refractivity contribution >= 4 is 5.91 Å². The van der Waals surface area contributed by atoms with Gasteiger partial charge < -0.3 is 5.32 Å². The topological polar surface area (TPSA) is 29.1 Å². The maximum absolute atomic E-state index is 10.5. The average Bonchev–Trinajstić information content (AvgIpc) is 2.59. The van der Waals surface area contributed by atoms with Gasteiger partial charge in [0.05, 0.1) is 6.04 Å². The molecule has 13 heavy (non-hydrogen) atoms. The molecule has 1 amide bonds. The fourth-order valence-corrected chi connectivity index (χ4v) is 0.897. The number of rotatable bonds is 0. The highest BCUT2D eigenvalue weighted by Gasteiger charge is 2.17. The molecule has 0 saturated carbocycles. The van der Waals surface area contributed by atoms with Crippen molar-refractivity contribution in [3.05, 3.63) is 0 Å². The summed E-state index contributed by atoms with van der Waals surface area (Å²) in [6, 6.07) is 0.127. The molecule has 1 fully saturated rings. The molecule has 2 heteroatoms. The van der Waals surface area contributed by atoms with Gasteiger partial charge in [-0.25, -0.2) is 0 Å². The van der Waals surface area contributed by atoms with Crippen LogP contribution in [0.2, 0.25) is 0 Å². The summed E-state index contributed by atoms with van der Waals surface area (Å²) in [6.07, 6.45) is 1.51. The summed E-state index contributed by atoms with van der Waals surface area (Å²) >= 11 is 0. The molecule has 1 atom stereocenters. The molecule has 1 unspecified atom stereocenters. The maximum Gasteiger partial charge on any atom is 0.221 e. The van der Waals surface area contributed by atoms with Crippen LogP contribution in [0.5, 0.6) is 0 Å². The third-order valence-corrected chi connectivity index (χ3v) is 1.31. The van der Waals surface area contributed by atoms with Gasteiger partial charge in [0.15, 0.2) is 0 Å². The molecule has 0 bridgehead atoms. The predicted octanol–water partition coefficient (Wildman–Crippen LogP) is 2.34. The third kappa shape index (κ3) is 7.39. The first kappa shape index (κ1) is 14.5. The van der Waals surface area contributed by atoms with E-state index in [-0.39, 0.29) is 11.9 Å². The van der Waals surface area contributed by atoms with Gasteiger partial charge >= 0.3 is 0 Å². The van der Waals surface area contributed by atoms with E-state index in [0.29, 0.717) is 6.42 Å². The lowest BCUT2D eigenvalue weighted by atomic mass is 10.2. The van der Waals surface area contributed by atoms with Crippen molar-refractivity contribution in [3.63, 3.8) is 0 Å². The summed E-state index contributed by atoms with van der Waals surface area (Å²) in [4.78, 5) is 10.5. The van der Waals surface area contributed by atoms with E-state index in [1.165, 1.54) is 0 Å². The molecular formula is C11H21NO. The lowest BCUT2D eigenvalue weighted by Gasteiger charge is -1.96. The normalized spacial score (nSPS) is 17.9. The Morgan fingerprint density at radius 1 is 1.31 bits per heavy atom. The molecule has 1 N–H and O–H groups in total. The van der Waals surface area contributed by atoms with Crippen LogP contribution in [-0.2, 0) is 4.79 Å². The van der Waals surface area contributed by atoms with Crippen LogP contribution >= 0.6 is 0 Å². The Kier molecular flexibility index (Phi) is 12.3. The fourth-order valence-electron chi connectivity index (χ4n) is 0.897. The summed E-state index contributed by atoms with van der Waals surface area (Å²) in [5.41, 5.74) is 0. The smallest absolute Gasteiger partial charge is 0.221 e. The van der Waals surface area contributed by atoms with Gasteiger partial charge in [0, 0.05) is 6.42 Å². The minimum absolute atomic E-state index is 0.127. The summed E-state index contributed by atoms with van der Waals surface area (Å²) in [5, 5.41) is 2.74. The average molecular weight is 183 g/mol. The Morgan fingerprint density at radius 2 is 1.85 bits per heavy atom. The monoisotopic (exact) mass is 183 g/mol. The lowest BCUT2D eigenvalue weighted by molar-refractivity contribution is -0.119. The Labute approximate surface area is 82.1 Å². The van der Waals surface area contributed by atoms with Crippen LogP contribution in [0.1, 0.15) is 47.5 Å². The van der Waals surface area contributed by atoms with Gasteiger partial charge in [-0.2, -0.15) is 0 Å². The van der Waals surface area contributed by atoms with Gasteiger partial charge in [0.2, 0.25) is 5.91 Å². The minimum Gasteiger partial charge on any atom is -0.342 e. The number of hydrogen-bond donors (Lipinski definition) is 1. The summed E-state index contributed by atoms with van der Waals surface area (Å²) in [6.45, 7) is 9.78. The van der Waals surface area contributed by atoms with Crippen molar-refractivity contribution in [2.24, 2.45) is 0 Å². The Morgan fingerprint density at radius 3 is 2.15 bits per heavy atom. The lowest BCUT2D eigenvalue weighted by Crippen LogP contribution is -2.23. The zero-order chi connectivity index (χ0) is 10.7. The second-order valence-corrected chi connectivity index (χ2v) is 2.05. The van der Waals surface area contributed by atoms with E-state index >= 15 is 0 Å². The van der Waals surface area contributed by atoms with Crippen LogP contribution in [0.4, 0.5) is 0 Å². The Bertz CT molecular complexity index is 176. The maximum atomic E-state index is 10.5. The molecule has 2 nitrogen and oxygen atoms in total. The number of nitrogens with one attached hydrogen (secondary N) is 1. The highest BCUT2D eigenvalue weighted by molar-refractivity contribution is 5.79. The Balaban J connectivity index is 0. The van der Waals surface area contributed by atoms with Crippen LogP contribution in [0.3, 0.4) is 0 Å². The quantitative estimate of drug-likeness (QED) is 0.574. The first-order chi connectivity index (χ1) is 6.33. The van der Waals surface area contributed by atoms with E-state index in [4.69, 9.17) is 0 Å². The Hall–Kier alpha value is -0.970. The van der Waals surface area contributed by atoms with Crippen LogP contribution < -0.4 is 5.32 Å². The van der Waals surface area contributed by atoms with Gasteiger partial charge in [-0.1, -0.05) is 33.6 Å². The van der Waals surface area contributed by atoms with Crippen molar-refractivity contribution in [3.8, 4) is 11.8 Å². The van der Waals surface area contributed by atoms with Crippen molar-refractivity contribution in [1.29, 1.82) is 0 Å². The molecule has 0 aromatic carbocycles. The highest BCUT2D eigenvalue weighted by atomic mass is 16.1. The molecule has 0 aliphatic carbocycles. The van der Waals surface area contributed by atoms with Crippen LogP contribution in [0, 0.1) is 11.8 Å². The fraction of sp³-hybridized carbons (Fsp3) is 0.727. The zero-order valence-electron chi connectivity index (χ0n) is 9.40. The predicted molar refractivity (Wildman–Crippen MR) is 57.3 cm³/mol. The van der Waals surface area contributed by atoms with E-state index in [0.717, 1.165) is 6.42 Å². The number of amides is 1. The van der Waals surface area contributed by atoms with Crippen molar-refractivity contribution in [1.82, 2.24) is 5.32 Å². The van der Waals surface area contributed by atoms with Gasteiger partial charge in [0.1, 0.15) is 0 Å². The summed E-state index contributed by atoms with van der Waals surface area (Å²) in [5.74, 6) is 5.79. The van der Waals surface area contributed by atoms with E-state index in [2.05, 4.69) is 17.2 Å². The molecule has 1 rings (SSSR count). The van der Waals surface area contributed by atoms with E-state index in [1.54, 1.807) is 6.92 Å². The van der Waals surface area contributed by atoms with E-state index in [9.17, 15) is 4.79 Å². The first-order valence-corrected chi connectivity index (χ1v) is 5.04. The molecule has 1 saturated heterocycles. The summed E-state index contributed by atoms with van der Waals surface area (Å²) in [7, 11) is 0. The van der Waals surface area contributed by atoms with Crippen molar-refractivity contribution in [2.45, 2.75) is 53.5 Å². The molecule has 1 heterocycles. The van der Waals surface area contributed by atoms with Gasteiger partial charge in [-0.3, -0.25) is 4.79 Å². The third-order valence-electron chi connectivity index (χ3n) is 1.31. The zero-order valence-corrected chi connectivity index (χ0v) is 9.40. The molecular weight excluding hydrogens is 162 g/mol. The first-order valence-electron chi connectivity index (χ1n) is 5.04. The van der Waals surface area contributed by atoms with Crippen LogP contribution in [0.25, 0.3) is 0 Å². The van der Waals surface area contributed by atoms with E-state index in [1.807, 2.05) is 27.7 Å². The largest absolute Gasteiger partial charge is 0.342 e. The molecule has 0 aromatic heterocycles. The van der Waals surface area contributed by atoms with Gasteiger partial charge in [0.25, 0.3) is 0 Å². The number of carbonyl (C=O) groups excluding carboxylic acids is 1. The second kappa shape index (κ2) is 11.0. The van der Waals surface area contributed by atoms with Crippen LogP contribution in [-0.4, -0.2) is 11.9 Å². The minimum atomic E-state index is 0.127. The molecule has 0 aromatic rings. The molecule has 76 valence electrons. The molecule has 0 spiro atoms. The van der Waals surface area contributed by atoms with Gasteiger partial charge in [-0.15, -0.1) is 5.92 Å². The summed E-state index contributed by atoms with van der Waals surface area (Å²) < 4.78 is 0.